The molecule has 0 aromatic rings. The van der Waals surface area contributed by atoms with E-state index in [-0.39, 0.29) is 5.92 Å². The molecule has 1 heterocycles. The average Bonchev–Trinajstić information content (AvgIpc) is 2.04. The van der Waals surface area contributed by atoms with E-state index in [4.69, 9.17) is 5.11 Å². The number of likely N-dealkylation sites (tertiary alicyclic amines) is 1. The van der Waals surface area contributed by atoms with E-state index < -0.39 is 5.97 Å². The number of carboxylic acids is 1. The maximum Gasteiger partial charge on any atom is 0.331 e. The lowest BCUT2D eigenvalue weighted by atomic mass is 9.90. The Hall–Kier alpha value is -0.830. The Bertz CT molecular complexity index is 193. The molecule has 1 saturated heterocycles. The van der Waals surface area contributed by atoms with Crippen LogP contribution in [0.3, 0.4) is 0 Å². The van der Waals surface area contributed by atoms with E-state index in [1.807, 2.05) is 0 Å². The van der Waals surface area contributed by atoms with Crippen molar-refractivity contribution in [3.05, 3.63) is 12.2 Å². The number of carboxylic acid groups (broad SMARTS) is 1. The molecule has 0 aromatic heterocycles. The molecule has 0 atom stereocenters. The second kappa shape index (κ2) is 3.72. The van der Waals surface area contributed by atoms with Crippen molar-refractivity contribution < 1.29 is 9.90 Å². The van der Waals surface area contributed by atoms with Crippen molar-refractivity contribution in [1.82, 2.24) is 4.90 Å². The Morgan fingerprint density at radius 2 is 2.00 bits per heavy atom. The highest BCUT2D eigenvalue weighted by Gasteiger charge is 2.22. The number of nitrogens with zero attached hydrogens (tertiary/aromatic N) is 1. The molecule has 1 aliphatic heterocycles. The summed E-state index contributed by atoms with van der Waals surface area (Å²) in [7, 11) is 2.06. The van der Waals surface area contributed by atoms with Crippen molar-refractivity contribution in [3.8, 4) is 0 Å². The first kappa shape index (κ1) is 9.26. The molecule has 0 saturated carbocycles. The topological polar surface area (TPSA) is 40.5 Å². The Labute approximate surface area is 72.7 Å². The lowest BCUT2D eigenvalue weighted by molar-refractivity contribution is -0.133. The third kappa shape index (κ3) is 2.08. The Morgan fingerprint density at radius 1 is 1.50 bits per heavy atom. The van der Waals surface area contributed by atoms with Gasteiger partial charge in [-0.1, -0.05) is 6.58 Å². The number of aliphatic carboxylic acids is 1. The summed E-state index contributed by atoms with van der Waals surface area (Å²) in [5.74, 6) is -0.650. The summed E-state index contributed by atoms with van der Waals surface area (Å²) in [6, 6.07) is 0. The fourth-order valence-corrected chi connectivity index (χ4v) is 1.53. The number of rotatable bonds is 2. The third-order valence-electron chi connectivity index (χ3n) is 2.49. The zero-order valence-corrected chi connectivity index (χ0v) is 7.42. The van der Waals surface area contributed by atoms with Crippen LogP contribution in [0.2, 0.25) is 0 Å². The van der Waals surface area contributed by atoms with Crippen LogP contribution >= 0.6 is 0 Å². The van der Waals surface area contributed by atoms with Crippen LogP contribution in [-0.2, 0) is 4.79 Å². The summed E-state index contributed by atoms with van der Waals surface area (Å²) in [5, 5.41) is 8.69. The van der Waals surface area contributed by atoms with E-state index in [1.54, 1.807) is 0 Å². The van der Waals surface area contributed by atoms with Crippen LogP contribution in [-0.4, -0.2) is 36.1 Å². The van der Waals surface area contributed by atoms with Crippen LogP contribution in [0.4, 0.5) is 0 Å². The molecule has 0 amide bonds. The van der Waals surface area contributed by atoms with Gasteiger partial charge >= 0.3 is 5.97 Å². The first-order valence-corrected chi connectivity index (χ1v) is 4.22. The van der Waals surface area contributed by atoms with Crippen LogP contribution in [0.1, 0.15) is 12.8 Å². The molecule has 0 spiro atoms. The first-order chi connectivity index (χ1) is 5.61. The molecular weight excluding hydrogens is 154 g/mol. The van der Waals surface area contributed by atoms with Crippen LogP contribution < -0.4 is 0 Å². The maximum absolute atomic E-state index is 10.6. The van der Waals surface area contributed by atoms with Gasteiger partial charge in [-0.05, 0) is 38.9 Å². The van der Waals surface area contributed by atoms with E-state index in [0.717, 1.165) is 25.9 Å². The molecule has 0 bridgehead atoms. The summed E-state index contributed by atoms with van der Waals surface area (Å²) in [5.41, 5.74) is 0.378. The van der Waals surface area contributed by atoms with E-state index in [9.17, 15) is 4.79 Å². The van der Waals surface area contributed by atoms with Crippen LogP contribution in [0.25, 0.3) is 0 Å². The van der Waals surface area contributed by atoms with Gasteiger partial charge in [0.25, 0.3) is 0 Å². The van der Waals surface area contributed by atoms with Crippen molar-refractivity contribution in [2.45, 2.75) is 12.8 Å². The zero-order chi connectivity index (χ0) is 9.14. The monoisotopic (exact) mass is 169 g/mol. The number of hydrogen-bond acceptors (Lipinski definition) is 2. The van der Waals surface area contributed by atoms with Gasteiger partial charge in [0.2, 0.25) is 0 Å². The molecule has 1 rings (SSSR count). The van der Waals surface area contributed by atoms with Crippen molar-refractivity contribution in [1.29, 1.82) is 0 Å². The molecule has 3 heteroatoms. The predicted molar refractivity (Wildman–Crippen MR) is 47.0 cm³/mol. The summed E-state index contributed by atoms with van der Waals surface area (Å²) in [6.07, 6.45) is 1.86. The molecule has 1 fully saturated rings. The SMILES string of the molecule is C=C(C(=O)O)C1CCN(C)CC1. The van der Waals surface area contributed by atoms with Gasteiger partial charge in [0.15, 0.2) is 0 Å². The van der Waals surface area contributed by atoms with Gasteiger partial charge in [-0.2, -0.15) is 0 Å². The molecule has 3 nitrogen and oxygen atoms in total. The molecule has 0 aromatic carbocycles. The normalized spacial score (nSPS) is 20.8. The van der Waals surface area contributed by atoms with Gasteiger partial charge in [0.1, 0.15) is 0 Å². The minimum atomic E-state index is -0.843. The highest BCUT2D eigenvalue weighted by atomic mass is 16.4. The van der Waals surface area contributed by atoms with Crippen molar-refractivity contribution in [3.63, 3.8) is 0 Å². The van der Waals surface area contributed by atoms with Crippen LogP contribution in [0.5, 0.6) is 0 Å². The minimum absolute atomic E-state index is 0.193. The van der Waals surface area contributed by atoms with E-state index in [1.165, 1.54) is 0 Å². The molecule has 0 aliphatic carbocycles. The summed E-state index contributed by atoms with van der Waals surface area (Å²) >= 11 is 0. The standard InChI is InChI=1S/C9H15NO2/c1-7(9(11)12)8-3-5-10(2)6-4-8/h8H,1,3-6H2,2H3,(H,11,12). The molecule has 12 heavy (non-hydrogen) atoms. The molecule has 0 radical (unpaired) electrons. The maximum atomic E-state index is 10.6. The number of piperidine rings is 1. The number of carbonyl (C=O) groups is 1. The quantitative estimate of drug-likeness (QED) is 0.626. The highest BCUT2D eigenvalue weighted by molar-refractivity contribution is 5.86. The second-order valence-corrected chi connectivity index (χ2v) is 3.41. The van der Waals surface area contributed by atoms with Gasteiger partial charge in [-0.25, -0.2) is 4.79 Å². The molecular formula is C9H15NO2. The largest absolute Gasteiger partial charge is 0.478 e. The van der Waals surface area contributed by atoms with E-state index in [2.05, 4.69) is 18.5 Å². The van der Waals surface area contributed by atoms with Gasteiger partial charge in [-0.15, -0.1) is 0 Å². The Morgan fingerprint density at radius 3 is 2.42 bits per heavy atom. The molecule has 1 aliphatic rings. The summed E-state index contributed by atoms with van der Waals surface area (Å²) in [4.78, 5) is 12.8. The minimum Gasteiger partial charge on any atom is -0.478 e. The van der Waals surface area contributed by atoms with Gasteiger partial charge in [0.05, 0.1) is 0 Å². The smallest absolute Gasteiger partial charge is 0.331 e. The summed E-state index contributed by atoms with van der Waals surface area (Å²) in [6.45, 7) is 5.55. The van der Waals surface area contributed by atoms with E-state index in [0.29, 0.717) is 5.57 Å². The highest BCUT2D eigenvalue weighted by Crippen LogP contribution is 2.22. The van der Waals surface area contributed by atoms with Crippen molar-refractivity contribution >= 4 is 5.97 Å². The molecule has 1 N–H and O–H groups in total. The molecule has 68 valence electrons. The zero-order valence-electron chi connectivity index (χ0n) is 7.42. The number of hydrogen-bond donors (Lipinski definition) is 1. The second-order valence-electron chi connectivity index (χ2n) is 3.41. The van der Waals surface area contributed by atoms with Gasteiger partial charge in [-0.3, -0.25) is 0 Å². The van der Waals surface area contributed by atoms with E-state index >= 15 is 0 Å². The molecule has 0 unspecified atom stereocenters. The lowest BCUT2D eigenvalue weighted by Gasteiger charge is -2.28. The fraction of sp³-hybridized carbons (Fsp3) is 0.667. The van der Waals surface area contributed by atoms with Gasteiger partial charge in [0, 0.05) is 5.57 Å². The lowest BCUT2D eigenvalue weighted by Crippen LogP contribution is -2.31. The van der Waals surface area contributed by atoms with Crippen molar-refractivity contribution in [2.75, 3.05) is 20.1 Å². The predicted octanol–water partition coefficient (Wildman–Crippen LogP) is 0.969. The van der Waals surface area contributed by atoms with Gasteiger partial charge < -0.3 is 10.0 Å². The Kier molecular flexibility index (Phi) is 2.87. The van der Waals surface area contributed by atoms with Crippen LogP contribution in [0.15, 0.2) is 12.2 Å². The first-order valence-electron chi connectivity index (χ1n) is 4.22. The van der Waals surface area contributed by atoms with Crippen molar-refractivity contribution in [2.24, 2.45) is 5.92 Å². The summed E-state index contributed by atoms with van der Waals surface area (Å²) < 4.78 is 0. The van der Waals surface area contributed by atoms with Crippen LogP contribution in [0, 0.1) is 5.92 Å². The fourth-order valence-electron chi connectivity index (χ4n) is 1.53. The average molecular weight is 169 g/mol. The third-order valence-corrected chi connectivity index (χ3v) is 2.49. The Balaban J connectivity index is 2.44.